The minimum atomic E-state index is -1.52. The van der Waals surface area contributed by atoms with Gasteiger partial charge in [0.25, 0.3) is 0 Å². The maximum absolute atomic E-state index is 13.1. The van der Waals surface area contributed by atoms with Gasteiger partial charge in [0.15, 0.2) is 17.5 Å². The van der Waals surface area contributed by atoms with Crippen molar-refractivity contribution >= 4 is 28.5 Å². The number of hydrogen-bond acceptors (Lipinski definition) is 6. The Hall–Kier alpha value is -3.07. The third kappa shape index (κ3) is 4.51. The zero-order chi connectivity index (χ0) is 18.5. The zero-order valence-electron chi connectivity index (χ0n) is 13.2. The monoisotopic (exact) mass is 378 g/mol. The van der Waals surface area contributed by atoms with Gasteiger partial charge in [-0.05, 0) is 11.1 Å². The van der Waals surface area contributed by atoms with E-state index in [1.807, 2.05) is 0 Å². The summed E-state index contributed by atoms with van der Waals surface area (Å²) in [5, 5.41) is 6.33. The Morgan fingerprint density at radius 3 is 2.46 bits per heavy atom. The number of ether oxygens (including phenoxy) is 1. The number of hydrogen-bond donors (Lipinski definition) is 2. The first-order valence-electron chi connectivity index (χ1n) is 7.37. The molecular weight excluding hydrogens is 365 g/mol. The lowest BCUT2D eigenvalue weighted by Gasteiger charge is -2.07. The molecule has 3 aromatic rings. The van der Waals surface area contributed by atoms with Crippen LogP contribution in [0.3, 0.4) is 0 Å². The van der Waals surface area contributed by atoms with Crippen molar-refractivity contribution in [3.63, 3.8) is 0 Å². The molecule has 0 atom stereocenters. The van der Waals surface area contributed by atoms with E-state index in [9.17, 15) is 13.2 Å². The standard InChI is InChI=1S/C17H13F3N4OS/c18-13-5-12(6-14(19)16(13)20)25-8-11-3-1-10(2-4-11)7-22-24-17-23-15(21)9-26-17/h1-7,9H,8,21H2,(H,23,24). The summed E-state index contributed by atoms with van der Waals surface area (Å²) in [6, 6.07) is 8.75. The molecule has 0 amide bonds. The first kappa shape index (κ1) is 17.7. The summed E-state index contributed by atoms with van der Waals surface area (Å²) < 4.78 is 44.4. The minimum absolute atomic E-state index is 0.0819. The molecule has 1 aromatic heterocycles. The third-order valence-electron chi connectivity index (χ3n) is 3.24. The van der Waals surface area contributed by atoms with Gasteiger partial charge < -0.3 is 10.5 Å². The van der Waals surface area contributed by atoms with E-state index in [1.165, 1.54) is 11.3 Å². The second-order valence-electron chi connectivity index (χ2n) is 5.18. The molecule has 134 valence electrons. The summed E-state index contributed by atoms with van der Waals surface area (Å²) in [7, 11) is 0. The average molecular weight is 378 g/mol. The Bertz CT molecular complexity index is 905. The number of nitrogens with one attached hydrogen (secondary N) is 1. The molecule has 0 aliphatic heterocycles. The van der Waals surface area contributed by atoms with E-state index < -0.39 is 17.5 Å². The van der Waals surface area contributed by atoms with Crippen LogP contribution in [0.4, 0.5) is 24.1 Å². The molecule has 26 heavy (non-hydrogen) atoms. The number of benzene rings is 2. The van der Waals surface area contributed by atoms with Crippen LogP contribution in [0.15, 0.2) is 46.9 Å². The molecule has 9 heteroatoms. The van der Waals surface area contributed by atoms with E-state index in [-0.39, 0.29) is 12.4 Å². The molecule has 0 fully saturated rings. The third-order valence-corrected chi connectivity index (χ3v) is 4.00. The first-order valence-corrected chi connectivity index (χ1v) is 8.25. The number of thiazole rings is 1. The van der Waals surface area contributed by atoms with Gasteiger partial charge in [0.05, 0.1) is 6.21 Å². The van der Waals surface area contributed by atoms with Crippen molar-refractivity contribution in [3.8, 4) is 5.75 Å². The molecule has 5 nitrogen and oxygen atoms in total. The number of anilines is 2. The normalized spacial score (nSPS) is 11.0. The van der Waals surface area contributed by atoms with Gasteiger partial charge in [0.2, 0.25) is 5.13 Å². The van der Waals surface area contributed by atoms with Gasteiger partial charge in [-0.2, -0.15) is 5.10 Å². The summed E-state index contributed by atoms with van der Waals surface area (Å²) in [6.07, 6.45) is 1.60. The second-order valence-corrected chi connectivity index (χ2v) is 6.04. The molecule has 0 bridgehead atoms. The van der Waals surface area contributed by atoms with Crippen molar-refractivity contribution in [2.24, 2.45) is 5.10 Å². The van der Waals surface area contributed by atoms with Crippen molar-refractivity contribution in [2.75, 3.05) is 11.2 Å². The van der Waals surface area contributed by atoms with Crippen LogP contribution in [0.1, 0.15) is 11.1 Å². The fraction of sp³-hybridized carbons (Fsp3) is 0.0588. The molecule has 0 aliphatic carbocycles. The molecule has 0 spiro atoms. The number of nitrogens with zero attached hydrogens (tertiary/aromatic N) is 2. The summed E-state index contributed by atoms with van der Waals surface area (Å²) in [5.41, 5.74) is 9.86. The van der Waals surface area contributed by atoms with Crippen LogP contribution in [0.25, 0.3) is 0 Å². The van der Waals surface area contributed by atoms with E-state index in [0.717, 1.165) is 23.3 Å². The smallest absolute Gasteiger partial charge is 0.205 e. The van der Waals surface area contributed by atoms with Crippen LogP contribution < -0.4 is 15.9 Å². The van der Waals surface area contributed by atoms with Crippen LogP contribution in [0.2, 0.25) is 0 Å². The van der Waals surface area contributed by atoms with E-state index in [1.54, 1.807) is 35.9 Å². The van der Waals surface area contributed by atoms with Gasteiger partial charge in [0, 0.05) is 17.5 Å². The SMILES string of the molecule is Nc1csc(NN=Cc2ccc(COc3cc(F)c(F)c(F)c3)cc2)n1. The highest BCUT2D eigenvalue weighted by atomic mass is 32.1. The van der Waals surface area contributed by atoms with Gasteiger partial charge in [-0.15, -0.1) is 11.3 Å². The molecule has 1 heterocycles. The molecule has 0 radical (unpaired) electrons. The number of nitrogens with two attached hydrogens (primary N) is 1. The van der Waals surface area contributed by atoms with Crippen LogP contribution in [0.5, 0.6) is 5.75 Å². The number of halogens is 3. The lowest BCUT2D eigenvalue weighted by Crippen LogP contribution is -1.99. The number of rotatable bonds is 6. The highest BCUT2D eigenvalue weighted by Crippen LogP contribution is 2.20. The quantitative estimate of drug-likeness (QED) is 0.384. The van der Waals surface area contributed by atoms with E-state index in [2.05, 4.69) is 15.5 Å². The Balaban J connectivity index is 1.56. The van der Waals surface area contributed by atoms with Crippen LogP contribution in [0, 0.1) is 17.5 Å². The Morgan fingerprint density at radius 1 is 1.15 bits per heavy atom. The molecule has 2 aromatic carbocycles. The van der Waals surface area contributed by atoms with Gasteiger partial charge in [-0.1, -0.05) is 24.3 Å². The van der Waals surface area contributed by atoms with Gasteiger partial charge in [-0.25, -0.2) is 18.2 Å². The fourth-order valence-electron chi connectivity index (χ4n) is 1.98. The Kier molecular flexibility index (Phi) is 5.37. The van der Waals surface area contributed by atoms with E-state index in [0.29, 0.717) is 10.9 Å². The highest BCUT2D eigenvalue weighted by Gasteiger charge is 2.11. The summed E-state index contributed by atoms with van der Waals surface area (Å²) in [4.78, 5) is 4.00. The largest absolute Gasteiger partial charge is 0.489 e. The molecule has 0 unspecified atom stereocenters. The summed E-state index contributed by atoms with van der Waals surface area (Å²) in [6.45, 7) is 0.0819. The summed E-state index contributed by atoms with van der Waals surface area (Å²) >= 11 is 1.34. The molecule has 0 aliphatic rings. The Morgan fingerprint density at radius 2 is 1.85 bits per heavy atom. The van der Waals surface area contributed by atoms with Gasteiger partial charge >= 0.3 is 0 Å². The number of aromatic nitrogens is 1. The van der Waals surface area contributed by atoms with Crippen molar-refractivity contribution < 1.29 is 17.9 Å². The van der Waals surface area contributed by atoms with Gasteiger partial charge in [-0.3, -0.25) is 5.43 Å². The molecule has 3 N–H and O–H groups in total. The van der Waals surface area contributed by atoms with Crippen LogP contribution in [-0.2, 0) is 6.61 Å². The second kappa shape index (κ2) is 7.87. The maximum atomic E-state index is 13.1. The van der Waals surface area contributed by atoms with E-state index in [4.69, 9.17) is 10.5 Å². The predicted octanol–water partition coefficient (Wildman–Crippen LogP) is 4.17. The molecular formula is C17H13F3N4OS. The first-order chi connectivity index (χ1) is 12.5. The van der Waals surface area contributed by atoms with Crippen LogP contribution >= 0.6 is 11.3 Å². The zero-order valence-corrected chi connectivity index (χ0v) is 14.1. The summed E-state index contributed by atoms with van der Waals surface area (Å²) in [5.74, 6) is -3.76. The topological polar surface area (TPSA) is 72.5 Å². The lowest BCUT2D eigenvalue weighted by atomic mass is 10.1. The maximum Gasteiger partial charge on any atom is 0.205 e. The van der Waals surface area contributed by atoms with Crippen molar-refractivity contribution in [1.29, 1.82) is 0 Å². The number of nitrogen functional groups attached to an aromatic ring is 1. The average Bonchev–Trinajstić information content (AvgIpc) is 3.04. The highest BCUT2D eigenvalue weighted by molar-refractivity contribution is 7.14. The Labute approximate surface area is 151 Å². The van der Waals surface area contributed by atoms with Crippen molar-refractivity contribution in [1.82, 2.24) is 4.98 Å². The fourth-order valence-corrected chi connectivity index (χ4v) is 2.53. The lowest BCUT2D eigenvalue weighted by molar-refractivity contribution is 0.299. The predicted molar refractivity (Wildman–Crippen MR) is 94.8 cm³/mol. The van der Waals surface area contributed by atoms with Crippen molar-refractivity contribution in [2.45, 2.75) is 6.61 Å². The molecule has 3 rings (SSSR count). The van der Waals surface area contributed by atoms with E-state index >= 15 is 0 Å². The number of hydrazone groups is 1. The molecule has 0 saturated heterocycles. The van der Waals surface area contributed by atoms with Gasteiger partial charge in [0.1, 0.15) is 18.2 Å². The van der Waals surface area contributed by atoms with Crippen molar-refractivity contribution in [3.05, 3.63) is 70.4 Å². The molecule has 0 saturated carbocycles. The van der Waals surface area contributed by atoms with Crippen LogP contribution in [-0.4, -0.2) is 11.2 Å². The minimum Gasteiger partial charge on any atom is -0.489 e.